The number of benzene rings is 1. The van der Waals surface area contributed by atoms with Gasteiger partial charge in [-0.25, -0.2) is 4.98 Å². The maximum atomic E-state index is 5.91. The Morgan fingerprint density at radius 2 is 2.17 bits per heavy atom. The second kappa shape index (κ2) is 3.35. The lowest BCUT2D eigenvalue weighted by Gasteiger charge is -2.12. The molecular formula is C15H19N3. The highest BCUT2D eigenvalue weighted by Gasteiger charge is 2.43. The summed E-state index contributed by atoms with van der Waals surface area (Å²) < 4.78 is 2.40. The molecule has 0 saturated heterocycles. The van der Waals surface area contributed by atoms with Crippen molar-refractivity contribution >= 4 is 11.0 Å². The molecule has 1 heterocycles. The molecule has 3 nitrogen and oxygen atoms in total. The molecule has 94 valence electrons. The van der Waals surface area contributed by atoms with Crippen LogP contribution < -0.4 is 5.73 Å². The molecule has 1 aromatic carbocycles. The zero-order chi connectivity index (χ0) is 12.3. The van der Waals surface area contributed by atoms with E-state index in [0.29, 0.717) is 6.04 Å². The monoisotopic (exact) mass is 241 g/mol. The third-order valence-electron chi connectivity index (χ3n) is 4.63. The van der Waals surface area contributed by atoms with Crippen LogP contribution in [0.1, 0.15) is 43.1 Å². The molecule has 18 heavy (non-hydrogen) atoms. The van der Waals surface area contributed by atoms with Crippen LogP contribution in [-0.2, 0) is 5.41 Å². The van der Waals surface area contributed by atoms with Gasteiger partial charge in [-0.3, -0.25) is 0 Å². The van der Waals surface area contributed by atoms with E-state index in [1.54, 1.807) is 0 Å². The Bertz CT molecular complexity index is 618. The fourth-order valence-electron chi connectivity index (χ4n) is 3.10. The fourth-order valence-corrected chi connectivity index (χ4v) is 3.10. The molecule has 4 rings (SSSR count). The average molecular weight is 241 g/mol. The Hall–Kier alpha value is -1.35. The molecule has 2 aliphatic carbocycles. The van der Waals surface area contributed by atoms with E-state index in [4.69, 9.17) is 10.7 Å². The van der Waals surface area contributed by atoms with Gasteiger partial charge in [0.15, 0.2) is 0 Å². The number of nitrogens with zero attached hydrogens (tertiary/aromatic N) is 2. The van der Waals surface area contributed by atoms with Crippen molar-refractivity contribution in [1.29, 1.82) is 0 Å². The minimum atomic E-state index is 0.269. The molecule has 0 amide bonds. The molecular weight excluding hydrogens is 222 g/mol. The smallest absolute Gasteiger partial charge is 0.106 e. The first-order valence-corrected chi connectivity index (χ1v) is 6.93. The zero-order valence-corrected chi connectivity index (χ0v) is 10.8. The van der Waals surface area contributed by atoms with Crippen molar-refractivity contribution in [2.24, 2.45) is 5.73 Å². The van der Waals surface area contributed by atoms with Crippen LogP contribution in [0.3, 0.4) is 0 Å². The number of rotatable bonds is 3. The van der Waals surface area contributed by atoms with Crippen molar-refractivity contribution in [3.05, 3.63) is 29.6 Å². The van der Waals surface area contributed by atoms with Crippen LogP contribution in [0.25, 0.3) is 11.0 Å². The molecule has 0 unspecified atom stereocenters. The second-order valence-electron chi connectivity index (χ2n) is 5.95. The average Bonchev–Trinajstić information content (AvgIpc) is 3.26. The summed E-state index contributed by atoms with van der Waals surface area (Å²) in [6, 6.07) is 7.48. The first kappa shape index (κ1) is 10.6. The fraction of sp³-hybridized carbons (Fsp3) is 0.533. The lowest BCUT2D eigenvalue weighted by Crippen LogP contribution is -2.19. The molecule has 0 aliphatic heterocycles. The summed E-state index contributed by atoms with van der Waals surface area (Å²) in [5, 5.41) is 0. The number of imidazole rings is 1. The number of hydrogen-bond donors (Lipinski definition) is 1. The highest BCUT2D eigenvalue weighted by atomic mass is 15.1. The van der Waals surface area contributed by atoms with Gasteiger partial charge in [0.05, 0.1) is 11.0 Å². The van der Waals surface area contributed by atoms with Crippen LogP contribution in [0.4, 0.5) is 0 Å². The van der Waals surface area contributed by atoms with Crippen molar-refractivity contribution in [1.82, 2.24) is 9.55 Å². The normalized spacial score (nSPS) is 21.4. The molecule has 3 heteroatoms. The third-order valence-corrected chi connectivity index (χ3v) is 4.63. The minimum absolute atomic E-state index is 0.269. The Morgan fingerprint density at radius 3 is 2.78 bits per heavy atom. The van der Waals surface area contributed by atoms with Gasteiger partial charge in [-0.1, -0.05) is 6.07 Å². The number of hydrogen-bond acceptors (Lipinski definition) is 2. The Kier molecular flexibility index (Phi) is 1.97. The van der Waals surface area contributed by atoms with Gasteiger partial charge in [0, 0.05) is 18.0 Å². The van der Waals surface area contributed by atoms with E-state index in [9.17, 15) is 0 Å². The lowest BCUT2D eigenvalue weighted by molar-refractivity contribution is 0.705. The molecule has 2 aromatic rings. The summed E-state index contributed by atoms with van der Waals surface area (Å²) >= 11 is 0. The maximum Gasteiger partial charge on any atom is 0.106 e. The number of nitrogens with two attached hydrogens (primary N) is 1. The summed E-state index contributed by atoms with van der Waals surface area (Å²) in [6.45, 7) is 2.88. The molecule has 2 aliphatic rings. The summed E-state index contributed by atoms with van der Waals surface area (Å²) in [5.74, 6) is 1.15. The van der Waals surface area contributed by atoms with Crippen molar-refractivity contribution in [2.45, 2.75) is 44.1 Å². The van der Waals surface area contributed by atoms with Gasteiger partial charge in [-0.15, -0.1) is 0 Å². The highest BCUT2D eigenvalue weighted by Crippen LogP contribution is 2.48. The zero-order valence-electron chi connectivity index (χ0n) is 10.8. The van der Waals surface area contributed by atoms with E-state index in [1.165, 1.54) is 36.8 Å². The molecule has 0 bridgehead atoms. The molecule has 1 aromatic heterocycles. The van der Waals surface area contributed by atoms with E-state index < -0.39 is 0 Å². The van der Waals surface area contributed by atoms with Crippen LogP contribution in [0.15, 0.2) is 18.2 Å². The van der Waals surface area contributed by atoms with E-state index in [0.717, 1.165) is 17.9 Å². The van der Waals surface area contributed by atoms with E-state index in [2.05, 4.69) is 29.7 Å². The van der Waals surface area contributed by atoms with Crippen LogP contribution >= 0.6 is 0 Å². The summed E-state index contributed by atoms with van der Waals surface area (Å²) in [6.07, 6.45) is 5.08. The van der Waals surface area contributed by atoms with Gasteiger partial charge < -0.3 is 10.3 Å². The number of fused-ring (bicyclic) bond motifs is 1. The molecule has 0 atom stereocenters. The van der Waals surface area contributed by atoms with Crippen LogP contribution in [0, 0.1) is 6.92 Å². The minimum Gasteiger partial charge on any atom is -0.330 e. The largest absolute Gasteiger partial charge is 0.330 e. The Morgan fingerprint density at radius 1 is 1.39 bits per heavy atom. The van der Waals surface area contributed by atoms with Crippen molar-refractivity contribution in [2.75, 3.05) is 6.54 Å². The van der Waals surface area contributed by atoms with E-state index >= 15 is 0 Å². The topological polar surface area (TPSA) is 43.8 Å². The molecule has 2 fully saturated rings. The quantitative estimate of drug-likeness (QED) is 0.897. The van der Waals surface area contributed by atoms with Gasteiger partial charge in [0.2, 0.25) is 0 Å². The van der Waals surface area contributed by atoms with Crippen molar-refractivity contribution < 1.29 is 0 Å². The molecule has 2 N–H and O–H groups in total. The maximum absolute atomic E-state index is 5.91. The molecule has 2 saturated carbocycles. The summed E-state index contributed by atoms with van der Waals surface area (Å²) in [4.78, 5) is 4.73. The van der Waals surface area contributed by atoms with Gasteiger partial charge >= 0.3 is 0 Å². The summed E-state index contributed by atoms with van der Waals surface area (Å²) in [5.41, 5.74) is 10.0. The van der Waals surface area contributed by atoms with Gasteiger partial charge in [0.1, 0.15) is 5.82 Å². The number of aryl methyl sites for hydroxylation is 1. The SMILES string of the molecule is Cc1nc2cc(C3(CN)CC3)ccc2n1C1CC1. The number of aromatic nitrogens is 2. The predicted octanol–water partition coefficient (Wildman–Crippen LogP) is 2.67. The van der Waals surface area contributed by atoms with Crippen LogP contribution in [0.2, 0.25) is 0 Å². The first-order chi connectivity index (χ1) is 8.73. The summed E-state index contributed by atoms with van der Waals surface area (Å²) in [7, 11) is 0. The van der Waals surface area contributed by atoms with E-state index in [1.807, 2.05) is 0 Å². The van der Waals surface area contributed by atoms with Crippen molar-refractivity contribution in [3.8, 4) is 0 Å². The van der Waals surface area contributed by atoms with Gasteiger partial charge in [-0.2, -0.15) is 0 Å². The third kappa shape index (κ3) is 1.37. The second-order valence-corrected chi connectivity index (χ2v) is 5.95. The van der Waals surface area contributed by atoms with E-state index in [-0.39, 0.29) is 5.41 Å². The van der Waals surface area contributed by atoms with Gasteiger partial charge in [-0.05, 0) is 50.3 Å². The van der Waals surface area contributed by atoms with Crippen molar-refractivity contribution in [3.63, 3.8) is 0 Å². The Balaban J connectivity index is 1.86. The lowest BCUT2D eigenvalue weighted by atomic mass is 9.96. The van der Waals surface area contributed by atoms with Crippen LogP contribution in [-0.4, -0.2) is 16.1 Å². The Labute approximate surface area is 107 Å². The van der Waals surface area contributed by atoms with Gasteiger partial charge in [0.25, 0.3) is 0 Å². The first-order valence-electron chi connectivity index (χ1n) is 6.93. The highest BCUT2D eigenvalue weighted by molar-refractivity contribution is 5.78. The predicted molar refractivity (Wildman–Crippen MR) is 72.7 cm³/mol. The van der Waals surface area contributed by atoms with Crippen LogP contribution in [0.5, 0.6) is 0 Å². The molecule has 0 radical (unpaired) electrons. The molecule has 0 spiro atoms. The standard InChI is InChI=1S/C15H19N3/c1-10-17-13-8-11(15(9-16)6-7-15)2-5-14(13)18(10)12-3-4-12/h2,5,8,12H,3-4,6-7,9,16H2,1H3.